The Hall–Kier alpha value is -1.20. The predicted molar refractivity (Wildman–Crippen MR) is 128 cm³/mol. The third-order valence-corrected chi connectivity index (χ3v) is 7.06. The van der Waals surface area contributed by atoms with E-state index in [0.717, 1.165) is 38.9 Å². The fourth-order valence-corrected chi connectivity index (χ4v) is 4.75. The lowest BCUT2D eigenvalue weighted by Gasteiger charge is -2.54. The van der Waals surface area contributed by atoms with E-state index in [1.807, 2.05) is 0 Å². The van der Waals surface area contributed by atoms with Crippen molar-refractivity contribution in [1.82, 2.24) is 15.5 Å². The van der Waals surface area contributed by atoms with E-state index in [1.165, 1.54) is 18.9 Å². The molecule has 0 radical (unpaired) electrons. The van der Waals surface area contributed by atoms with Crippen LogP contribution in [0.1, 0.15) is 59.3 Å². The molecule has 2 N–H and O–H groups in total. The molecule has 0 bridgehead atoms. The van der Waals surface area contributed by atoms with Gasteiger partial charge in [-0.05, 0) is 32.4 Å². The number of hydrogen-bond acceptors (Lipinski definition) is 9. The van der Waals surface area contributed by atoms with E-state index >= 15 is 0 Å². The monoisotopic (exact) mass is 487 g/mol. The number of piperidine rings is 1. The number of thioether (sulfide) groups is 1. The highest BCUT2D eigenvalue weighted by Gasteiger charge is 2.51. The Labute approximate surface area is 202 Å². The van der Waals surface area contributed by atoms with Crippen molar-refractivity contribution in [3.05, 3.63) is 0 Å². The molecule has 1 amide bonds. The maximum Gasteiger partial charge on any atom is 0.305 e. The van der Waals surface area contributed by atoms with Gasteiger partial charge in [-0.25, -0.2) is 0 Å². The van der Waals surface area contributed by atoms with Crippen LogP contribution < -0.4 is 10.6 Å². The van der Waals surface area contributed by atoms with Gasteiger partial charge < -0.3 is 24.8 Å². The van der Waals surface area contributed by atoms with Gasteiger partial charge in [0.1, 0.15) is 0 Å². The zero-order chi connectivity index (χ0) is 24.3. The van der Waals surface area contributed by atoms with E-state index in [2.05, 4.69) is 29.2 Å². The van der Waals surface area contributed by atoms with Gasteiger partial charge >= 0.3 is 5.97 Å². The Morgan fingerprint density at radius 3 is 2.61 bits per heavy atom. The standard InChI is InChI=1S/C23H41N3O6S/c1-18(27)26-14-6-5-10-23(26)31-17-22(2,3)19(32-23)16-25-12-7-11-24-13-15-33-21(29)9-8-20(28)30-4/h19,24-25H,5-17H2,1-4H3/t19-,23?/m0/s1. The molecule has 0 saturated carbocycles. The molecule has 2 aliphatic rings. The summed E-state index contributed by atoms with van der Waals surface area (Å²) in [6.07, 6.45) is 3.95. The van der Waals surface area contributed by atoms with Crippen LogP contribution in [0.25, 0.3) is 0 Å². The van der Waals surface area contributed by atoms with Gasteiger partial charge in [0.05, 0.1) is 26.2 Å². The molecule has 1 unspecified atom stereocenters. The van der Waals surface area contributed by atoms with E-state index in [0.29, 0.717) is 31.9 Å². The Morgan fingerprint density at radius 2 is 1.88 bits per heavy atom. The van der Waals surface area contributed by atoms with Crippen LogP contribution >= 0.6 is 11.8 Å². The van der Waals surface area contributed by atoms with Crippen LogP contribution in [0.4, 0.5) is 0 Å². The number of amides is 1. The summed E-state index contributed by atoms with van der Waals surface area (Å²) in [5.41, 5.74) is -0.145. The number of esters is 1. The minimum absolute atomic E-state index is 0.00415. The molecule has 2 aliphatic heterocycles. The van der Waals surface area contributed by atoms with Crippen molar-refractivity contribution < 1.29 is 28.6 Å². The van der Waals surface area contributed by atoms with Gasteiger partial charge in [0, 0.05) is 50.6 Å². The quantitative estimate of drug-likeness (QED) is 0.315. The van der Waals surface area contributed by atoms with Gasteiger partial charge in [0.2, 0.25) is 5.91 Å². The third kappa shape index (κ3) is 8.83. The Morgan fingerprint density at radius 1 is 1.12 bits per heavy atom. The number of ether oxygens (including phenoxy) is 3. The summed E-state index contributed by atoms with van der Waals surface area (Å²) in [5.74, 6) is -0.587. The molecule has 0 aromatic carbocycles. The Balaban J connectivity index is 1.61. The highest BCUT2D eigenvalue weighted by atomic mass is 32.2. The third-order valence-electron chi connectivity index (χ3n) is 6.12. The lowest BCUT2D eigenvalue weighted by atomic mass is 9.85. The smallest absolute Gasteiger partial charge is 0.305 e. The molecule has 2 saturated heterocycles. The summed E-state index contributed by atoms with van der Waals surface area (Å²) >= 11 is 1.25. The Kier molecular flexibility index (Phi) is 11.6. The molecule has 0 aromatic heterocycles. The minimum atomic E-state index is -0.917. The van der Waals surface area contributed by atoms with Crippen LogP contribution in [0.2, 0.25) is 0 Å². The zero-order valence-corrected chi connectivity index (χ0v) is 21.4. The summed E-state index contributed by atoms with van der Waals surface area (Å²) in [4.78, 5) is 36.6. The van der Waals surface area contributed by atoms with E-state index in [4.69, 9.17) is 9.47 Å². The summed E-state index contributed by atoms with van der Waals surface area (Å²) in [5, 5.41) is 6.84. The average molecular weight is 488 g/mol. The van der Waals surface area contributed by atoms with Crippen LogP contribution in [0.15, 0.2) is 0 Å². The fraction of sp³-hybridized carbons (Fsp3) is 0.870. The first kappa shape index (κ1) is 28.0. The second-order valence-corrected chi connectivity index (χ2v) is 10.5. The van der Waals surface area contributed by atoms with E-state index in [-0.39, 0.29) is 41.4 Å². The fourth-order valence-electron chi connectivity index (χ4n) is 4.03. The molecule has 0 aliphatic carbocycles. The van der Waals surface area contributed by atoms with Crippen molar-refractivity contribution in [2.24, 2.45) is 5.41 Å². The van der Waals surface area contributed by atoms with Crippen molar-refractivity contribution in [1.29, 1.82) is 0 Å². The normalized spacial score (nSPS) is 24.6. The molecule has 2 heterocycles. The van der Waals surface area contributed by atoms with E-state index in [1.54, 1.807) is 11.8 Å². The van der Waals surface area contributed by atoms with Crippen molar-refractivity contribution in [3.63, 3.8) is 0 Å². The van der Waals surface area contributed by atoms with Crippen LogP contribution in [-0.2, 0) is 28.6 Å². The number of carbonyl (C=O) groups is 3. The Bertz CT molecular complexity index is 662. The van der Waals surface area contributed by atoms with Crippen molar-refractivity contribution >= 4 is 28.8 Å². The maximum absolute atomic E-state index is 12.2. The molecule has 1 spiro atoms. The number of carbonyl (C=O) groups excluding carboxylic acids is 3. The molecular weight excluding hydrogens is 446 g/mol. The summed E-state index contributed by atoms with van der Waals surface area (Å²) in [6.45, 7) is 10.2. The first-order valence-electron chi connectivity index (χ1n) is 11.9. The molecule has 2 fully saturated rings. The van der Waals surface area contributed by atoms with Crippen molar-refractivity contribution in [3.8, 4) is 0 Å². The molecule has 33 heavy (non-hydrogen) atoms. The first-order chi connectivity index (χ1) is 15.7. The van der Waals surface area contributed by atoms with Gasteiger partial charge in [-0.2, -0.15) is 0 Å². The average Bonchev–Trinajstić information content (AvgIpc) is 2.78. The molecule has 10 heteroatoms. The van der Waals surface area contributed by atoms with Gasteiger partial charge in [-0.3, -0.25) is 19.3 Å². The number of rotatable bonds is 12. The van der Waals surface area contributed by atoms with Gasteiger partial charge in [0.25, 0.3) is 5.91 Å². The maximum atomic E-state index is 12.2. The SMILES string of the molecule is COC(=O)CCC(=O)SCCNCCCNC[C@@H]1OC2(CCCCN2C(C)=O)OCC1(C)C. The number of nitrogens with zero attached hydrogens (tertiary/aromatic N) is 1. The first-order valence-corrected chi connectivity index (χ1v) is 12.9. The zero-order valence-electron chi connectivity index (χ0n) is 20.6. The van der Waals surface area contributed by atoms with Crippen LogP contribution in [0.3, 0.4) is 0 Å². The molecule has 2 rings (SSSR count). The molecule has 190 valence electrons. The van der Waals surface area contributed by atoms with Crippen LogP contribution in [0.5, 0.6) is 0 Å². The van der Waals surface area contributed by atoms with Crippen LogP contribution in [0, 0.1) is 5.41 Å². The number of hydrogen-bond donors (Lipinski definition) is 2. The highest BCUT2D eigenvalue weighted by Crippen LogP contribution is 2.41. The summed E-state index contributed by atoms with van der Waals surface area (Å²) < 4.78 is 17.2. The molecular formula is C23H41N3O6S. The van der Waals surface area contributed by atoms with Gasteiger partial charge in [-0.1, -0.05) is 25.6 Å². The second-order valence-electron chi connectivity index (χ2n) is 9.33. The topological polar surface area (TPSA) is 106 Å². The summed E-state index contributed by atoms with van der Waals surface area (Å²) in [6, 6.07) is 0. The lowest BCUT2D eigenvalue weighted by Crippen LogP contribution is -2.65. The van der Waals surface area contributed by atoms with Crippen molar-refractivity contribution in [2.45, 2.75) is 71.3 Å². The molecule has 9 nitrogen and oxygen atoms in total. The molecule has 0 aromatic rings. The number of nitrogens with one attached hydrogen (secondary N) is 2. The predicted octanol–water partition coefficient (Wildman–Crippen LogP) is 1.90. The van der Waals surface area contributed by atoms with Crippen molar-refractivity contribution in [2.75, 3.05) is 52.2 Å². The second kappa shape index (κ2) is 13.6. The lowest BCUT2D eigenvalue weighted by molar-refractivity contribution is -0.386. The number of methoxy groups -OCH3 is 1. The van der Waals surface area contributed by atoms with Crippen LogP contribution in [-0.4, -0.2) is 86.1 Å². The van der Waals surface area contributed by atoms with E-state index in [9.17, 15) is 14.4 Å². The largest absolute Gasteiger partial charge is 0.469 e. The van der Waals surface area contributed by atoms with E-state index < -0.39 is 5.91 Å². The molecule has 2 atom stereocenters. The summed E-state index contributed by atoms with van der Waals surface area (Å²) in [7, 11) is 1.32. The van der Waals surface area contributed by atoms with Gasteiger partial charge in [-0.15, -0.1) is 0 Å². The minimum Gasteiger partial charge on any atom is -0.469 e. The van der Waals surface area contributed by atoms with Gasteiger partial charge in [0.15, 0.2) is 5.12 Å². The highest BCUT2D eigenvalue weighted by molar-refractivity contribution is 8.13. The number of likely N-dealkylation sites (tertiary alicyclic amines) is 1.